The zero-order chi connectivity index (χ0) is 13.2. The van der Waals surface area contributed by atoms with E-state index in [2.05, 4.69) is 31.9 Å². The van der Waals surface area contributed by atoms with Gasteiger partial charge in [0.2, 0.25) is 10.0 Å². The first kappa shape index (κ1) is 14.5. The normalized spacial score (nSPS) is 16.8. The number of alkyl halides is 1. The SMILES string of the molecule is O=S(=O)(c1cccc(Br)c1)N(CCBr)C1CCC1. The smallest absolute Gasteiger partial charge is 0.207 e. The lowest BCUT2D eigenvalue weighted by Gasteiger charge is -2.36. The van der Waals surface area contributed by atoms with E-state index in [1.54, 1.807) is 22.5 Å². The molecule has 0 atom stereocenters. The third kappa shape index (κ3) is 2.98. The van der Waals surface area contributed by atoms with Gasteiger partial charge in [-0.3, -0.25) is 0 Å². The molecule has 0 amide bonds. The van der Waals surface area contributed by atoms with Crippen LogP contribution in [0.1, 0.15) is 19.3 Å². The van der Waals surface area contributed by atoms with Gasteiger partial charge in [-0.1, -0.05) is 44.3 Å². The summed E-state index contributed by atoms with van der Waals surface area (Å²) in [6.45, 7) is 0.527. The number of hydrogen-bond donors (Lipinski definition) is 0. The predicted molar refractivity (Wildman–Crippen MR) is 79.5 cm³/mol. The Labute approximate surface area is 125 Å². The standard InChI is InChI=1S/C12H15Br2NO2S/c13-7-8-15(11-4-2-5-11)18(16,17)12-6-1-3-10(14)9-12/h1,3,6,9,11H,2,4-5,7-8H2. The van der Waals surface area contributed by atoms with E-state index in [-0.39, 0.29) is 6.04 Å². The van der Waals surface area contributed by atoms with E-state index >= 15 is 0 Å². The minimum absolute atomic E-state index is 0.173. The molecule has 2 rings (SSSR count). The molecule has 0 radical (unpaired) electrons. The Morgan fingerprint density at radius 3 is 2.56 bits per heavy atom. The van der Waals surface area contributed by atoms with Gasteiger partial charge in [-0.2, -0.15) is 4.31 Å². The first-order valence-electron chi connectivity index (χ1n) is 5.89. The molecule has 1 saturated carbocycles. The quantitative estimate of drug-likeness (QED) is 0.715. The Morgan fingerprint density at radius 2 is 2.06 bits per heavy atom. The van der Waals surface area contributed by atoms with E-state index in [9.17, 15) is 8.42 Å². The zero-order valence-corrected chi connectivity index (χ0v) is 13.8. The molecule has 1 aliphatic rings. The predicted octanol–water partition coefficient (Wildman–Crippen LogP) is 3.39. The van der Waals surface area contributed by atoms with Crippen molar-refractivity contribution in [2.45, 2.75) is 30.2 Å². The van der Waals surface area contributed by atoms with Gasteiger partial charge in [0.25, 0.3) is 0 Å². The highest BCUT2D eigenvalue weighted by Crippen LogP contribution is 2.30. The lowest BCUT2D eigenvalue weighted by atomic mass is 9.93. The number of sulfonamides is 1. The van der Waals surface area contributed by atoms with Gasteiger partial charge in [0.05, 0.1) is 4.90 Å². The molecule has 3 nitrogen and oxygen atoms in total. The number of hydrogen-bond acceptors (Lipinski definition) is 2. The molecular formula is C12H15Br2NO2S. The average molecular weight is 397 g/mol. The Hall–Kier alpha value is 0.0900. The van der Waals surface area contributed by atoms with Crippen molar-refractivity contribution in [1.29, 1.82) is 0 Å². The molecular weight excluding hydrogens is 382 g/mol. The minimum atomic E-state index is -3.37. The van der Waals surface area contributed by atoms with Crippen LogP contribution >= 0.6 is 31.9 Å². The van der Waals surface area contributed by atoms with Gasteiger partial charge in [0.1, 0.15) is 0 Å². The first-order chi connectivity index (χ1) is 8.55. The van der Waals surface area contributed by atoms with Crippen molar-refractivity contribution >= 4 is 41.9 Å². The number of nitrogens with zero attached hydrogens (tertiary/aromatic N) is 1. The summed E-state index contributed by atoms with van der Waals surface area (Å²) < 4.78 is 27.6. The molecule has 18 heavy (non-hydrogen) atoms. The van der Waals surface area contributed by atoms with Gasteiger partial charge in [-0.05, 0) is 31.0 Å². The van der Waals surface area contributed by atoms with E-state index in [4.69, 9.17) is 0 Å². The molecule has 0 bridgehead atoms. The Morgan fingerprint density at radius 1 is 1.33 bits per heavy atom. The third-order valence-corrected chi connectivity index (χ3v) is 5.99. The zero-order valence-electron chi connectivity index (χ0n) is 9.85. The lowest BCUT2D eigenvalue weighted by molar-refractivity contribution is 0.228. The van der Waals surface area contributed by atoms with Crippen molar-refractivity contribution in [2.24, 2.45) is 0 Å². The average Bonchev–Trinajstić information content (AvgIpc) is 2.26. The van der Waals surface area contributed by atoms with E-state index in [0.717, 1.165) is 23.7 Å². The van der Waals surface area contributed by atoms with Crippen molar-refractivity contribution in [3.8, 4) is 0 Å². The van der Waals surface area contributed by atoms with Crippen LogP contribution in [-0.4, -0.2) is 30.6 Å². The second-order valence-electron chi connectivity index (χ2n) is 4.35. The molecule has 0 saturated heterocycles. The van der Waals surface area contributed by atoms with Crippen LogP contribution in [0.3, 0.4) is 0 Å². The van der Waals surface area contributed by atoms with Gasteiger partial charge < -0.3 is 0 Å². The third-order valence-electron chi connectivity index (χ3n) is 3.19. The minimum Gasteiger partial charge on any atom is -0.207 e. The van der Waals surface area contributed by atoms with Crippen molar-refractivity contribution in [3.05, 3.63) is 28.7 Å². The lowest BCUT2D eigenvalue weighted by Crippen LogP contribution is -2.45. The van der Waals surface area contributed by atoms with Crippen molar-refractivity contribution < 1.29 is 8.42 Å². The van der Waals surface area contributed by atoms with E-state index in [0.29, 0.717) is 16.8 Å². The van der Waals surface area contributed by atoms with Crippen LogP contribution in [0.2, 0.25) is 0 Å². The summed E-state index contributed by atoms with van der Waals surface area (Å²) in [6, 6.07) is 7.07. The maximum Gasteiger partial charge on any atom is 0.243 e. The largest absolute Gasteiger partial charge is 0.243 e. The fourth-order valence-electron chi connectivity index (χ4n) is 2.02. The van der Waals surface area contributed by atoms with Crippen LogP contribution in [0.25, 0.3) is 0 Å². The van der Waals surface area contributed by atoms with E-state index in [1.165, 1.54) is 0 Å². The van der Waals surface area contributed by atoms with E-state index in [1.807, 2.05) is 6.07 Å². The Kier molecular flexibility index (Phi) is 4.86. The summed E-state index contributed by atoms with van der Waals surface area (Å²) in [5, 5.41) is 0.663. The Balaban J connectivity index is 2.32. The second kappa shape index (κ2) is 6.03. The molecule has 0 aromatic heterocycles. The Bertz CT molecular complexity index is 515. The summed E-state index contributed by atoms with van der Waals surface area (Å²) in [6.07, 6.45) is 3.07. The topological polar surface area (TPSA) is 37.4 Å². The molecule has 0 spiro atoms. The maximum absolute atomic E-state index is 12.6. The monoisotopic (exact) mass is 395 g/mol. The number of rotatable bonds is 5. The van der Waals surface area contributed by atoms with Crippen molar-refractivity contribution in [2.75, 3.05) is 11.9 Å². The number of benzene rings is 1. The fourth-order valence-corrected chi connectivity index (χ4v) is 4.92. The highest BCUT2D eigenvalue weighted by atomic mass is 79.9. The van der Waals surface area contributed by atoms with Gasteiger partial charge in [-0.25, -0.2) is 8.42 Å². The summed E-state index contributed by atoms with van der Waals surface area (Å²) in [5.74, 6) is 0. The molecule has 1 aromatic rings. The molecule has 0 aliphatic heterocycles. The summed E-state index contributed by atoms with van der Waals surface area (Å²) in [5.41, 5.74) is 0. The molecule has 100 valence electrons. The van der Waals surface area contributed by atoms with Crippen LogP contribution in [0.5, 0.6) is 0 Å². The molecule has 0 unspecified atom stereocenters. The van der Waals surface area contributed by atoms with Crippen molar-refractivity contribution in [3.63, 3.8) is 0 Å². The van der Waals surface area contributed by atoms with Crippen LogP contribution < -0.4 is 0 Å². The van der Waals surface area contributed by atoms with Gasteiger partial charge in [0, 0.05) is 22.4 Å². The van der Waals surface area contributed by atoms with Gasteiger partial charge in [0.15, 0.2) is 0 Å². The maximum atomic E-state index is 12.6. The molecule has 1 fully saturated rings. The second-order valence-corrected chi connectivity index (χ2v) is 7.95. The van der Waals surface area contributed by atoms with Gasteiger partial charge in [-0.15, -0.1) is 0 Å². The summed E-state index contributed by atoms with van der Waals surface area (Å²) in [4.78, 5) is 0.365. The van der Waals surface area contributed by atoms with Gasteiger partial charge >= 0.3 is 0 Å². The first-order valence-corrected chi connectivity index (χ1v) is 9.24. The fraction of sp³-hybridized carbons (Fsp3) is 0.500. The molecule has 6 heteroatoms. The number of halogens is 2. The highest BCUT2D eigenvalue weighted by molar-refractivity contribution is 9.10. The molecule has 0 N–H and O–H groups in total. The summed E-state index contributed by atoms with van der Waals surface area (Å²) in [7, 11) is -3.37. The van der Waals surface area contributed by atoms with Crippen molar-refractivity contribution in [1.82, 2.24) is 4.31 Å². The molecule has 0 heterocycles. The molecule has 1 aromatic carbocycles. The van der Waals surface area contributed by atoms with Crippen LogP contribution in [0.15, 0.2) is 33.6 Å². The van der Waals surface area contributed by atoms with E-state index < -0.39 is 10.0 Å². The summed E-state index contributed by atoms with van der Waals surface area (Å²) >= 11 is 6.65. The van der Waals surface area contributed by atoms with Crippen LogP contribution in [-0.2, 0) is 10.0 Å². The van der Waals surface area contributed by atoms with Crippen LogP contribution in [0, 0.1) is 0 Å². The van der Waals surface area contributed by atoms with Crippen LogP contribution in [0.4, 0.5) is 0 Å². The molecule has 1 aliphatic carbocycles. The highest BCUT2D eigenvalue weighted by Gasteiger charge is 2.34.